The van der Waals surface area contributed by atoms with Gasteiger partial charge in [0.05, 0.1) is 13.2 Å². The fraction of sp³-hybridized carbons (Fsp3) is 0.611. The molecule has 5 nitrogen and oxygen atoms in total. The number of piperazine rings is 1. The SMILES string of the molecule is CCC(CC)(CO)CN=C(N)N1CCN(c2ccc(F)cc2)CC1.I. The van der Waals surface area contributed by atoms with Crippen molar-refractivity contribution in [3.63, 3.8) is 0 Å². The Labute approximate surface area is 167 Å². The Morgan fingerprint density at radius 3 is 2.20 bits per heavy atom. The Morgan fingerprint density at radius 1 is 1.16 bits per heavy atom. The van der Waals surface area contributed by atoms with E-state index in [0.717, 1.165) is 44.7 Å². The lowest BCUT2D eigenvalue weighted by molar-refractivity contribution is 0.123. The summed E-state index contributed by atoms with van der Waals surface area (Å²) in [4.78, 5) is 8.83. The molecule has 3 N–H and O–H groups in total. The molecule has 1 aromatic rings. The second kappa shape index (κ2) is 10.2. The molecule has 7 heteroatoms. The molecule has 1 heterocycles. The molecule has 1 aliphatic heterocycles. The summed E-state index contributed by atoms with van der Waals surface area (Å²) in [5.74, 6) is 0.335. The Bertz CT molecular complexity index is 532. The van der Waals surface area contributed by atoms with Crippen molar-refractivity contribution in [1.82, 2.24) is 4.90 Å². The minimum absolute atomic E-state index is 0. The van der Waals surface area contributed by atoms with Gasteiger partial charge in [-0.15, -0.1) is 24.0 Å². The topological polar surface area (TPSA) is 65.1 Å². The number of benzene rings is 1. The molecule has 1 saturated heterocycles. The molecule has 1 aromatic carbocycles. The highest BCUT2D eigenvalue weighted by Crippen LogP contribution is 2.26. The summed E-state index contributed by atoms with van der Waals surface area (Å²) in [6.07, 6.45) is 1.77. The molecule has 0 aromatic heterocycles. The van der Waals surface area contributed by atoms with Gasteiger partial charge in [0.1, 0.15) is 5.82 Å². The van der Waals surface area contributed by atoms with E-state index in [0.29, 0.717) is 12.5 Å². The van der Waals surface area contributed by atoms with E-state index in [1.165, 1.54) is 12.1 Å². The standard InChI is InChI=1S/C18H29FN4O.HI/c1-3-18(4-2,14-24)13-21-17(20)23-11-9-22(10-12-23)16-7-5-15(19)6-8-16;/h5-8,24H,3-4,9-14H2,1-2H3,(H2,20,21);1H. The van der Waals surface area contributed by atoms with Crippen LogP contribution in [0.4, 0.5) is 10.1 Å². The fourth-order valence-corrected chi connectivity index (χ4v) is 2.94. The Kier molecular flexibility index (Phi) is 8.92. The van der Waals surface area contributed by atoms with Gasteiger partial charge < -0.3 is 20.6 Å². The third-order valence-corrected chi connectivity index (χ3v) is 5.21. The van der Waals surface area contributed by atoms with Gasteiger partial charge >= 0.3 is 0 Å². The first-order valence-electron chi connectivity index (χ1n) is 8.70. The van der Waals surface area contributed by atoms with Crippen molar-refractivity contribution in [1.29, 1.82) is 0 Å². The number of rotatable bonds is 6. The van der Waals surface area contributed by atoms with Gasteiger partial charge in [0.15, 0.2) is 5.96 Å². The smallest absolute Gasteiger partial charge is 0.191 e. The van der Waals surface area contributed by atoms with Crippen molar-refractivity contribution in [2.45, 2.75) is 26.7 Å². The lowest BCUT2D eigenvalue weighted by Gasteiger charge is -2.37. The molecule has 0 amide bonds. The van der Waals surface area contributed by atoms with Crippen LogP contribution in [0.1, 0.15) is 26.7 Å². The van der Waals surface area contributed by atoms with E-state index < -0.39 is 0 Å². The first-order valence-corrected chi connectivity index (χ1v) is 8.70. The molecular weight excluding hydrogens is 434 g/mol. The monoisotopic (exact) mass is 464 g/mol. The third kappa shape index (κ3) is 5.70. The summed E-state index contributed by atoms with van der Waals surface area (Å²) >= 11 is 0. The lowest BCUT2D eigenvalue weighted by atomic mass is 9.83. The van der Waals surface area contributed by atoms with Crippen LogP contribution in [0.3, 0.4) is 0 Å². The summed E-state index contributed by atoms with van der Waals surface area (Å²) in [6.45, 7) is 8.08. The highest BCUT2D eigenvalue weighted by atomic mass is 127. The number of anilines is 1. The third-order valence-electron chi connectivity index (χ3n) is 5.21. The minimum atomic E-state index is -0.215. The average Bonchev–Trinajstić information content (AvgIpc) is 2.64. The molecule has 142 valence electrons. The van der Waals surface area contributed by atoms with Crippen LogP contribution < -0.4 is 10.6 Å². The lowest BCUT2D eigenvalue weighted by Crippen LogP contribution is -2.51. The van der Waals surface area contributed by atoms with Gasteiger partial charge in [-0.25, -0.2) is 4.39 Å². The highest BCUT2D eigenvalue weighted by molar-refractivity contribution is 14.0. The zero-order valence-electron chi connectivity index (χ0n) is 15.1. The number of aliphatic hydroxyl groups is 1. The molecule has 0 bridgehead atoms. The molecule has 1 aliphatic rings. The van der Waals surface area contributed by atoms with Crippen molar-refractivity contribution in [2.75, 3.05) is 44.2 Å². The number of hydrogen-bond acceptors (Lipinski definition) is 3. The van der Waals surface area contributed by atoms with Crippen molar-refractivity contribution in [3.05, 3.63) is 30.1 Å². The Balaban J connectivity index is 0.00000312. The maximum atomic E-state index is 13.0. The van der Waals surface area contributed by atoms with Gasteiger partial charge in [-0.1, -0.05) is 13.8 Å². The number of aliphatic imine (C=N–C) groups is 1. The Hall–Kier alpha value is -1.09. The number of halogens is 2. The second-order valence-corrected chi connectivity index (χ2v) is 6.49. The van der Waals surface area contributed by atoms with Crippen LogP contribution in [0.25, 0.3) is 0 Å². The molecule has 0 atom stereocenters. The normalized spacial score (nSPS) is 15.9. The Morgan fingerprint density at radius 2 is 1.72 bits per heavy atom. The quantitative estimate of drug-likeness (QED) is 0.386. The predicted octanol–water partition coefficient (Wildman–Crippen LogP) is 2.68. The fourth-order valence-electron chi connectivity index (χ4n) is 2.94. The van der Waals surface area contributed by atoms with Crippen molar-refractivity contribution >= 4 is 35.6 Å². The summed E-state index contributed by atoms with van der Waals surface area (Å²) < 4.78 is 13.0. The van der Waals surface area contributed by atoms with Gasteiger partial charge in [-0.05, 0) is 37.1 Å². The van der Waals surface area contributed by atoms with Crippen molar-refractivity contribution in [2.24, 2.45) is 16.1 Å². The molecule has 0 aliphatic carbocycles. The highest BCUT2D eigenvalue weighted by Gasteiger charge is 2.26. The van der Waals surface area contributed by atoms with Gasteiger partial charge in [-0.2, -0.15) is 0 Å². The van der Waals surface area contributed by atoms with Crippen LogP contribution in [0.5, 0.6) is 0 Å². The molecule has 0 spiro atoms. The first-order chi connectivity index (χ1) is 11.5. The van der Waals surface area contributed by atoms with Gasteiger partial charge in [0, 0.05) is 37.3 Å². The molecule has 1 fully saturated rings. The van der Waals surface area contributed by atoms with Crippen LogP contribution in [0.15, 0.2) is 29.3 Å². The molecule has 0 unspecified atom stereocenters. The van der Waals surface area contributed by atoms with Crippen LogP contribution >= 0.6 is 24.0 Å². The largest absolute Gasteiger partial charge is 0.396 e. The molecular formula is C18H30FIN4O. The molecule has 2 rings (SSSR count). The first kappa shape index (κ1) is 22.0. The van der Waals surface area contributed by atoms with E-state index >= 15 is 0 Å². The number of nitrogens with zero attached hydrogens (tertiary/aromatic N) is 3. The van der Waals surface area contributed by atoms with Crippen molar-refractivity contribution in [3.8, 4) is 0 Å². The second-order valence-electron chi connectivity index (χ2n) is 6.49. The number of guanidine groups is 1. The van der Waals surface area contributed by atoms with E-state index in [9.17, 15) is 9.50 Å². The van der Waals surface area contributed by atoms with Crippen molar-refractivity contribution < 1.29 is 9.50 Å². The van der Waals surface area contributed by atoms with Crippen LogP contribution in [-0.4, -0.2) is 55.3 Å². The van der Waals surface area contributed by atoms with Gasteiger partial charge in [-0.3, -0.25) is 4.99 Å². The summed E-state index contributed by atoms with van der Waals surface area (Å²) in [5.41, 5.74) is 7.01. The average molecular weight is 464 g/mol. The van der Waals surface area contributed by atoms with E-state index in [-0.39, 0.29) is 41.8 Å². The minimum Gasteiger partial charge on any atom is -0.396 e. The number of nitrogens with two attached hydrogens (primary N) is 1. The van der Waals surface area contributed by atoms with E-state index in [1.54, 1.807) is 12.1 Å². The zero-order chi connectivity index (χ0) is 17.6. The van der Waals surface area contributed by atoms with Gasteiger partial charge in [0.2, 0.25) is 0 Å². The van der Waals surface area contributed by atoms with Crippen LogP contribution in [-0.2, 0) is 0 Å². The number of hydrogen-bond donors (Lipinski definition) is 2. The van der Waals surface area contributed by atoms with E-state index in [1.807, 2.05) is 0 Å². The summed E-state index contributed by atoms with van der Waals surface area (Å²) in [5, 5.41) is 9.62. The van der Waals surface area contributed by atoms with Gasteiger partial charge in [0.25, 0.3) is 0 Å². The molecule has 25 heavy (non-hydrogen) atoms. The predicted molar refractivity (Wildman–Crippen MR) is 112 cm³/mol. The van der Waals surface area contributed by atoms with Crippen LogP contribution in [0, 0.1) is 11.2 Å². The van der Waals surface area contributed by atoms with E-state index in [4.69, 9.17) is 5.73 Å². The van der Waals surface area contributed by atoms with Crippen LogP contribution in [0.2, 0.25) is 0 Å². The maximum Gasteiger partial charge on any atom is 0.191 e. The summed E-state index contributed by atoms with van der Waals surface area (Å²) in [7, 11) is 0. The zero-order valence-corrected chi connectivity index (χ0v) is 17.4. The van der Waals surface area contributed by atoms with E-state index in [2.05, 4.69) is 28.6 Å². The maximum absolute atomic E-state index is 13.0. The number of aliphatic hydroxyl groups excluding tert-OH is 1. The summed E-state index contributed by atoms with van der Waals surface area (Å²) in [6, 6.07) is 6.59. The molecule has 0 saturated carbocycles. The molecule has 0 radical (unpaired) electrons.